The van der Waals surface area contributed by atoms with Crippen LogP contribution < -0.4 is 20.7 Å². The second kappa shape index (κ2) is 7.12. The van der Waals surface area contributed by atoms with E-state index in [1.807, 2.05) is 11.8 Å². The van der Waals surface area contributed by atoms with Gasteiger partial charge in [-0.05, 0) is 45.1 Å². The number of nitrogens with zero attached hydrogens (tertiary/aromatic N) is 4. The molecule has 10 heteroatoms. The lowest BCUT2D eigenvalue weighted by atomic mass is 9.81. The van der Waals surface area contributed by atoms with Crippen LogP contribution in [-0.4, -0.2) is 66.2 Å². The predicted octanol–water partition coefficient (Wildman–Crippen LogP) is 1.75. The van der Waals surface area contributed by atoms with E-state index in [9.17, 15) is 18.0 Å². The van der Waals surface area contributed by atoms with Gasteiger partial charge in [0.15, 0.2) is 0 Å². The van der Waals surface area contributed by atoms with E-state index in [2.05, 4.69) is 10.3 Å². The molecule has 1 saturated carbocycles. The number of alkyl halides is 3. The fourth-order valence-electron chi connectivity index (χ4n) is 5.19. The van der Waals surface area contributed by atoms with Crippen molar-refractivity contribution in [2.75, 3.05) is 42.6 Å². The van der Waals surface area contributed by atoms with Crippen LogP contribution in [0, 0.1) is 5.92 Å². The lowest BCUT2D eigenvalue weighted by Crippen LogP contribution is -2.67. The highest BCUT2D eigenvalue weighted by atomic mass is 19.4. The average molecular weight is 427 g/mol. The highest BCUT2D eigenvalue weighted by Crippen LogP contribution is 2.47. The first kappa shape index (κ1) is 20.1. The largest absolute Gasteiger partial charge is 0.408 e. The summed E-state index contributed by atoms with van der Waals surface area (Å²) in [6, 6.07) is -0.162. The van der Waals surface area contributed by atoms with Gasteiger partial charge in [-0.15, -0.1) is 0 Å². The summed E-state index contributed by atoms with van der Waals surface area (Å²) in [7, 11) is 0. The van der Waals surface area contributed by atoms with E-state index < -0.39 is 12.2 Å². The number of nitrogens with one attached hydrogen (secondary N) is 1. The maximum Gasteiger partial charge on any atom is 0.408 e. The second-order valence-corrected chi connectivity index (χ2v) is 9.10. The van der Waals surface area contributed by atoms with Crippen molar-refractivity contribution in [1.29, 1.82) is 0 Å². The van der Waals surface area contributed by atoms with Gasteiger partial charge in [-0.25, -0.2) is 0 Å². The SMILES string of the molecule is C[C@@H]1COCCN1c1cc(=O)n2c(n1)N(CC1(C3CC3)CCN1)[C@H](C(F)(F)F)CC2. The zero-order valence-corrected chi connectivity index (χ0v) is 17.1. The van der Waals surface area contributed by atoms with Crippen molar-refractivity contribution in [2.45, 2.75) is 63.0 Å². The number of morpholine rings is 1. The minimum atomic E-state index is -4.38. The van der Waals surface area contributed by atoms with Crippen LogP contribution in [0.15, 0.2) is 10.9 Å². The van der Waals surface area contributed by atoms with E-state index >= 15 is 0 Å². The summed E-state index contributed by atoms with van der Waals surface area (Å²) in [4.78, 5) is 20.8. The Hall–Kier alpha value is -1.81. The van der Waals surface area contributed by atoms with Crippen LogP contribution >= 0.6 is 0 Å². The number of anilines is 2. The minimum Gasteiger partial charge on any atom is -0.377 e. The number of ether oxygens (including phenoxy) is 1. The van der Waals surface area contributed by atoms with Crippen molar-refractivity contribution in [2.24, 2.45) is 5.92 Å². The molecular weight excluding hydrogens is 399 g/mol. The maximum atomic E-state index is 14.0. The Balaban J connectivity index is 1.56. The molecule has 3 fully saturated rings. The van der Waals surface area contributed by atoms with Gasteiger partial charge in [0.2, 0.25) is 5.95 Å². The zero-order valence-electron chi connectivity index (χ0n) is 17.1. The normalized spacial score (nSPS) is 32.0. The first-order valence-electron chi connectivity index (χ1n) is 10.8. The lowest BCUT2D eigenvalue weighted by molar-refractivity contribution is -0.153. The molecule has 1 aliphatic carbocycles. The topological polar surface area (TPSA) is 62.6 Å². The zero-order chi connectivity index (χ0) is 21.1. The number of aromatic nitrogens is 2. The highest BCUT2D eigenvalue weighted by molar-refractivity contribution is 5.48. The molecule has 30 heavy (non-hydrogen) atoms. The molecule has 1 aromatic rings. The number of hydrogen-bond acceptors (Lipinski definition) is 6. The monoisotopic (exact) mass is 427 g/mol. The fourth-order valence-corrected chi connectivity index (χ4v) is 5.19. The van der Waals surface area contributed by atoms with Gasteiger partial charge in [0, 0.05) is 31.2 Å². The van der Waals surface area contributed by atoms with E-state index in [0.29, 0.717) is 31.5 Å². The van der Waals surface area contributed by atoms with Gasteiger partial charge in [-0.3, -0.25) is 9.36 Å². The van der Waals surface area contributed by atoms with E-state index in [1.54, 1.807) is 0 Å². The third-order valence-electron chi connectivity index (χ3n) is 7.13. The summed E-state index contributed by atoms with van der Waals surface area (Å²) < 4.78 is 48.9. The van der Waals surface area contributed by atoms with Crippen LogP contribution in [0.1, 0.15) is 32.6 Å². The summed E-state index contributed by atoms with van der Waals surface area (Å²) in [5.41, 5.74) is -0.590. The van der Waals surface area contributed by atoms with Gasteiger partial charge >= 0.3 is 6.18 Å². The molecule has 0 spiro atoms. The molecule has 3 aliphatic heterocycles. The molecule has 0 amide bonds. The summed E-state index contributed by atoms with van der Waals surface area (Å²) in [5.74, 6) is 1.00. The van der Waals surface area contributed by atoms with E-state index in [0.717, 1.165) is 25.8 Å². The van der Waals surface area contributed by atoms with Gasteiger partial charge in [-0.1, -0.05) is 0 Å². The van der Waals surface area contributed by atoms with Crippen LogP contribution in [0.3, 0.4) is 0 Å². The molecule has 0 radical (unpaired) electrons. The minimum absolute atomic E-state index is 0.00950. The standard InChI is InChI=1S/C20H28F3N5O2/c1-13-11-30-9-8-26(13)16-10-17(29)27-7-4-15(20(21,22)23)28(18(27)25-16)12-19(5-6-24-19)14-2-3-14/h10,13-15,24H,2-9,11-12H2,1H3/t13-,15+,19?/m1/s1. The molecule has 5 rings (SSSR count). The third kappa shape index (κ3) is 3.37. The first-order valence-corrected chi connectivity index (χ1v) is 10.8. The Kier molecular flexibility index (Phi) is 4.77. The molecule has 0 bridgehead atoms. The van der Waals surface area contributed by atoms with Crippen molar-refractivity contribution in [1.82, 2.24) is 14.9 Å². The number of hydrogen-bond donors (Lipinski definition) is 1. The molecule has 166 valence electrons. The van der Waals surface area contributed by atoms with Gasteiger partial charge < -0.3 is 19.9 Å². The number of fused-ring (bicyclic) bond motifs is 1. The van der Waals surface area contributed by atoms with Crippen LogP contribution in [-0.2, 0) is 11.3 Å². The van der Waals surface area contributed by atoms with Gasteiger partial charge in [0.1, 0.15) is 11.9 Å². The quantitative estimate of drug-likeness (QED) is 0.790. The van der Waals surface area contributed by atoms with Gasteiger partial charge in [0.25, 0.3) is 5.56 Å². The van der Waals surface area contributed by atoms with Crippen LogP contribution in [0.2, 0.25) is 0 Å². The Labute approximate surface area is 173 Å². The third-order valence-corrected chi connectivity index (χ3v) is 7.13. The first-order chi connectivity index (χ1) is 14.3. The van der Waals surface area contributed by atoms with E-state index in [-0.39, 0.29) is 42.6 Å². The number of halogens is 3. The Bertz CT molecular complexity index is 865. The fraction of sp³-hybridized carbons (Fsp3) is 0.800. The molecular formula is C20H28F3N5O2. The van der Waals surface area contributed by atoms with Crippen molar-refractivity contribution in [3.05, 3.63) is 16.4 Å². The molecule has 1 unspecified atom stereocenters. The van der Waals surface area contributed by atoms with Gasteiger partial charge in [0.05, 0.1) is 19.3 Å². The summed E-state index contributed by atoms with van der Waals surface area (Å²) in [6.45, 7) is 4.63. The summed E-state index contributed by atoms with van der Waals surface area (Å²) >= 11 is 0. The van der Waals surface area contributed by atoms with Crippen LogP contribution in [0.4, 0.5) is 24.9 Å². The Morgan fingerprint density at radius 3 is 2.67 bits per heavy atom. The molecule has 7 nitrogen and oxygen atoms in total. The maximum absolute atomic E-state index is 14.0. The molecule has 3 atom stereocenters. The number of rotatable bonds is 4. The summed E-state index contributed by atoms with van der Waals surface area (Å²) in [6.07, 6.45) is -1.55. The van der Waals surface area contributed by atoms with Gasteiger partial charge in [-0.2, -0.15) is 18.2 Å². The molecule has 1 N–H and O–H groups in total. The Morgan fingerprint density at radius 1 is 1.30 bits per heavy atom. The molecule has 2 saturated heterocycles. The van der Waals surface area contributed by atoms with Crippen molar-refractivity contribution in [3.63, 3.8) is 0 Å². The Morgan fingerprint density at radius 2 is 2.07 bits per heavy atom. The smallest absolute Gasteiger partial charge is 0.377 e. The predicted molar refractivity (Wildman–Crippen MR) is 106 cm³/mol. The summed E-state index contributed by atoms with van der Waals surface area (Å²) in [5, 5.41) is 3.42. The van der Waals surface area contributed by atoms with Crippen LogP contribution in [0.25, 0.3) is 0 Å². The highest BCUT2D eigenvalue weighted by Gasteiger charge is 2.54. The van der Waals surface area contributed by atoms with Crippen molar-refractivity contribution in [3.8, 4) is 0 Å². The molecule has 1 aromatic heterocycles. The van der Waals surface area contributed by atoms with Crippen LogP contribution in [0.5, 0.6) is 0 Å². The van der Waals surface area contributed by atoms with Crippen molar-refractivity contribution >= 4 is 11.8 Å². The molecule has 4 aliphatic rings. The molecule has 4 heterocycles. The second-order valence-electron chi connectivity index (χ2n) is 9.10. The van der Waals surface area contributed by atoms with Crippen molar-refractivity contribution < 1.29 is 17.9 Å². The lowest BCUT2D eigenvalue weighted by Gasteiger charge is -2.50. The average Bonchev–Trinajstić information content (AvgIpc) is 3.49. The molecule has 0 aromatic carbocycles. The van der Waals surface area contributed by atoms with E-state index in [4.69, 9.17) is 4.74 Å². The van der Waals surface area contributed by atoms with E-state index in [1.165, 1.54) is 15.5 Å².